The van der Waals surface area contributed by atoms with Crippen LogP contribution in [-0.2, 0) is 16.1 Å². The molecule has 2 amide bonds. The van der Waals surface area contributed by atoms with Gasteiger partial charge < -0.3 is 10.2 Å². The third-order valence-electron chi connectivity index (χ3n) is 5.16. The number of benzene rings is 2. The molecule has 0 spiro atoms. The zero-order valence-corrected chi connectivity index (χ0v) is 16.7. The summed E-state index contributed by atoms with van der Waals surface area (Å²) in [4.78, 5) is 26.7. The van der Waals surface area contributed by atoms with Gasteiger partial charge in [0.1, 0.15) is 5.82 Å². The number of carbonyl (C=O) groups excluding carboxylic acids is 2. The summed E-state index contributed by atoms with van der Waals surface area (Å²) >= 11 is 0. The standard InChI is InChI=1S/C21H21FN6O2/c1-13-3-5-15(6-4-13)11-27-12-16(9-20(27)29)21(30)23-19-10-17(7-8-18(19)22)28-14(2)24-25-26-28/h3-8,10,16H,9,11-12H2,1-2H3,(H,23,30). The molecule has 3 aromatic rings. The van der Waals surface area contributed by atoms with Crippen LogP contribution >= 0.6 is 0 Å². The molecule has 30 heavy (non-hydrogen) atoms. The first kappa shape index (κ1) is 19.7. The maximum absolute atomic E-state index is 14.3. The molecule has 154 valence electrons. The van der Waals surface area contributed by atoms with Crippen LogP contribution in [0.4, 0.5) is 10.1 Å². The molecule has 1 aliphatic heterocycles. The van der Waals surface area contributed by atoms with Crippen molar-refractivity contribution in [3.05, 3.63) is 65.2 Å². The SMILES string of the molecule is Cc1ccc(CN2CC(C(=O)Nc3cc(-n4nnnc4C)ccc3F)CC2=O)cc1. The van der Waals surface area contributed by atoms with E-state index in [-0.39, 0.29) is 23.9 Å². The molecule has 8 nitrogen and oxygen atoms in total. The van der Waals surface area contributed by atoms with Gasteiger partial charge in [0, 0.05) is 19.5 Å². The number of anilines is 1. The Morgan fingerprint density at radius 1 is 1.20 bits per heavy atom. The predicted octanol–water partition coefficient (Wildman–Crippen LogP) is 2.41. The summed E-state index contributed by atoms with van der Waals surface area (Å²) in [5.41, 5.74) is 2.70. The van der Waals surface area contributed by atoms with E-state index in [9.17, 15) is 14.0 Å². The first-order valence-electron chi connectivity index (χ1n) is 9.60. The van der Waals surface area contributed by atoms with E-state index in [2.05, 4.69) is 20.8 Å². The number of halogens is 1. The summed E-state index contributed by atoms with van der Waals surface area (Å²) in [6.45, 7) is 4.46. The highest BCUT2D eigenvalue weighted by Gasteiger charge is 2.34. The number of aryl methyl sites for hydroxylation is 2. The van der Waals surface area contributed by atoms with Gasteiger partial charge in [-0.3, -0.25) is 9.59 Å². The van der Waals surface area contributed by atoms with Crippen LogP contribution in [0.2, 0.25) is 0 Å². The third kappa shape index (κ3) is 4.05. The second kappa shape index (κ2) is 8.02. The maximum Gasteiger partial charge on any atom is 0.229 e. The first-order chi connectivity index (χ1) is 14.4. The maximum atomic E-state index is 14.3. The molecule has 0 saturated carbocycles. The molecule has 0 aliphatic carbocycles. The van der Waals surface area contributed by atoms with E-state index in [1.807, 2.05) is 31.2 Å². The second-order valence-electron chi connectivity index (χ2n) is 7.45. The fourth-order valence-corrected chi connectivity index (χ4v) is 3.46. The highest BCUT2D eigenvalue weighted by molar-refractivity contribution is 5.97. The number of nitrogens with zero attached hydrogens (tertiary/aromatic N) is 5. The Bertz CT molecular complexity index is 1100. The molecule has 0 bridgehead atoms. The molecule has 2 aromatic carbocycles. The fourth-order valence-electron chi connectivity index (χ4n) is 3.46. The molecule has 4 rings (SSSR count). The number of tetrazole rings is 1. The minimum Gasteiger partial charge on any atom is -0.338 e. The lowest BCUT2D eigenvalue weighted by Gasteiger charge is -2.17. The summed E-state index contributed by atoms with van der Waals surface area (Å²) in [6.07, 6.45) is 0.102. The molecule has 9 heteroatoms. The van der Waals surface area contributed by atoms with E-state index in [0.29, 0.717) is 24.6 Å². The average Bonchev–Trinajstić information content (AvgIpc) is 3.31. The molecule has 1 N–H and O–H groups in total. The quantitative estimate of drug-likeness (QED) is 0.700. The van der Waals surface area contributed by atoms with Crippen LogP contribution in [-0.4, -0.2) is 43.5 Å². The monoisotopic (exact) mass is 408 g/mol. The van der Waals surface area contributed by atoms with Gasteiger partial charge in [-0.1, -0.05) is 29.8 Å². The molecule has 1 aromatic heterocycles. The van der Waals surface area contributed by atoms with Gasteiger partial charge in [-0.25, -0.2) is 4.39 Å². The normalized spacial score (nSPS) is 16.2. The van der Waals surface area contributed by atoms with E-state index >= 15 is 0 Å². The lowest BCUT2D eigenvalue weighted by Crippen LogP contribution is -2.28. The number of hydrogen-bond donors (Lipinski definition) is 1. The number of hydrogen-bond acceptors (Lipinski definition) is 5. The summed E-state index contributed by atoms with van der Waals surface area (Å²) in [6, 6.07) is 12.2. The van der Waals surface area contributed by atoms with Crippen molar-refractivity contribution in [1.82, 2.24) is 25.1 Å². The Kier molecular flexibility index (Phi) is 5.26. The van der Waals surface area contributed by atoms with Gasteiger partial charge in [0.25, 0.3) is 0 Å². The van der Waals surface area contributed by atoms with E-state index < -0.39 is 11.7 Å². The lowest BCUT2D eigenvalue weighted by atomic mass is 10.1. The zero-order chi connectivity index (χ0) is 21.3. The summed E-state index contributed by atoms with van der Waals surface area (Å²) in [5.74, 6) is -1.06. The molecule has 2 heterocycles. The van der Waals surface area contributed by atoms with Crippen molar-refractivity contribution in [2.45, 2.75) is 26.8 Å². The van der Waals surface area contributed by atoms with Gasteiger partial charge in [0.2, 0.25) is 11.8 Å². The number of likely N-dealkylation sites (tertiary alicyclic amines) is 1. The predicted molar refractivity (Wildman–Crippen MR) is 107 cm³/mol. The van der Waals surface area contributed by atoms with Gasteiger partial charge in [-0.2, -0.15) is 4.68 Å². The number of rotatable bonds is 5. The van der Waals surface area contributed by atoms with Crippen LogP contribution in [0.25, 0.3) is 5.69 Å². The zero-order valence-electron chi connectivity index (χ0n) is 16.7. The van der Waals surface area contributed by atoms with E-state index in [4.69, 9.17) is 0 Å². The second-order valence-corrected chi connectivity index (χ2v) is 7.45. The van der Waals surface area contributed by atoms with Crippen molar-refractivity contribution < 1.29 is 14.0 Å². The Hall–Kier alpha value is -3.62. The van der Waals surface area contributed by atoms with E-state index in [1.54, 1.807) is 11.8 Å². The topological polar surface area (TPSA) is 93.0 Å². The molecule has 1 atom stereocenters. The Morgan fingerprint density at radius 2 is 1.97 bits per heavy atom. The molecule has 1 fully saturated rings. The highest BCUT2D eigenvalue weighted by atomic mass is 19.1. The van der Waals surface area contributed by atoms with Crippen molar-refractivity contribution in [2.24, 2.45) is 5.92 Å². The van der Waals surface area contributed by atoms with Crippen molar-refractivity contribution in [1.29, 1.82) is 0 Å². The molecule has 1 saturated heterocycles. The molecule has 1 unspecified atom stereocenters. The van der Waals surface area contributed by atoms with Gasteiger partial charge >= 0.3 is 0 Å². The van der Waals surface area contributed by atoms with Gasteiger partial charge in [0.15, 0.2) is 5.82 Å². The van der Waals surface area contributed by atoms with Crippen LogP contribution in [0, 0.1) is 25.6 Å². The number of amides is 2. The third-order valence-corrected chi connectivity index (χ3v) is 5.16. The number of nitrogens with one attached hydrogen (secondary N) is 1. The van der Waals surface area contributed by atoms with Crippen molar-refractivity contribution in [3.63, 3.8) is 0 Å². The minimum absolute atomic E-state index is 0.0248. The van der Waals surface area contributed by atoms with Crippen LogP contribution in [0.15, 0.2) is 42.5 Å². The van der Waals surface area contributed by atoms with Crippen LogP contribution < -0.4 is 5.32 Å². The van der Waals surface area contributed by atoms with Gasteiger partial charge in [0.05, 0.1) is 17.3 Å². The number of carbonyl (C=O) groups is 2. The lowest BCUT2D eigenvalue weighted by molar-refractivity contribution is -0.128. The minimum atomic E-state index is -0.571. The molecular formula is C21H21FN6O2. The van der Waals surface area contributed by atoms with E-state index in [0.717, 1.165) is 11.1 Å². The highest BCUT2D eigenvalue weighted by Crippen LogP contribution is 2.24. The Morgan fingerprint density at radius 3 is 2.67 bits per heavy atom. The van der Waals surface area contributed by atoms with Crippen molar-refractivity contribution >= 4 is 17.5 Å². The van der Waals surface area contributed by atoms with Crippen molar-refractivity contribution in [2.75, 3.05) is 11.9 Å². The van der Waals surface area contributed by atoms with Crippen LogP contribution in [0.5, 0.6) is 0 Å². The van der Waals surface area contributed by atoms with E-state index in [1.165, 1.54) is 22.9 Å². The number of aromatic nitrogens is 4. The van der Waals surface area contributed by atoms with Gasteiger partial charge in [-0.05, 0) is 48.0 Å². The van der Waals surface area contributed by atoms with Crippen LogP contribution in [0.3, 0.4) is 0 Å². The van der Waals surface area contributed by atoms with Crippen molar-refractivity contribution in [3.8, 4) is 5.69 Å². The smallest absolute Gasteiger partial charge is 0.229 e. The molecule has 1 aliphatic rings. The Labute approximate surface area is 172 Å². The van der Waals surface area contributed by atoms with Crippen LogP contribution in [0.1, 0.15) is 23.4 Å². The van der Waals surface area contributed by atoms with Gasteiger partial charge in [-0.15, -0.1) is 5.10 Å². The summed E-state index contributed by atoms with van der Waals surface area (Å²) in [7, 11) is 0. The summed E-state index contributed by atoms with van der Waals surface area (Å²) < 4.78 is 15.7. The average molecular weight is 408 g/mol. The Balaban J connectivity index is 1.45. The first-order valence-corrected chi connectivity index (χ1v) is 9.60. The molecule has 0 radical (unpaired) electrons. The summed E-state index contributed by atoms with van der Waals surface area (Å²) in [5, 5.41) is 13.8. The molecular weight excluding hydrogens is 387 g/mol. The fraction of sp³-hybridized carbons (Fsp3) is 0.286. The largest absolute Gasteiger partial charge is 0.338 e.